The summed E-state index contributed by atoms with van der Waals surface area (Å²) in [6, 6.07) is 7.10. The number of nitrogens with zero attached hydrogens (tertiary/aromatic N) is 2. The zero-order valence-electron chi connectivity index (χ0n) is 19.1. The summed E-state index contributed by atoms with van der Waals surface area (Å²) in [5.41, 5.74) is 1.45. The number of piperazine rings is 1. The van der Waals surface area contributed by atoms with Crippen LogP contribution in [0.5, 0.6) is 0 Å². The minimum absolute atomic E-state index is 0.0414. The highest BCUT2D eigenvalue weighted by atomic mass is 16.2. The van der Waals surface area contributed by atoms with Crippen LogP contribution in [0.4, 0.5) is 11.4 Å². The molecule has 1 unspecified atom stereocenters. The van der Waals surface area contributed by atoms with E-state index in [9.17, 15) is 14.4 Å². The number of amides is 3. The van der Waals surface area contributed by atoms with Crippen molar-refractivity contribution in [1.29, 1.82) is 0 Å². The Labute approximate surface area is 190 Å². The summed E-state index contributed by atoms with van der Waals surface area (Å²) in [5, 5.41) is 5.85. The lowest BCUT2D eigenvalue weighted by atomic mass is 9.94. The molecule has 1 aromatic carbocycles. The standard InChI is InChI=1S/C25H36N4O3/c1-18(30)26-21-10-12-22(13-11-21)27-24(31)23(19-6-2-3-7-19)28-14-16-29(17-15-28)25(32)20-8-4-5-9-20/h10-13,19-20,23H,2-9,14-17H2,1H3,(H,26,30)(H,27,31). The van der Waals surface area contributed by atoms with Gasteiger partial charge in [0.15, 0.2) is 0 Å². The first-order chi connectivity index (χ1) is 15.5. The van der Waals surface area contributed by atoms with Gasteiger partial charge in [-0.2, -0.15) is 0 Å². The molecule has 1 atom stereocenters. The first-order valence-corrected chi connectivity index (χ1v) is 12.2. The van der Waals surface area contributed by atoms with Crippen molar-refractivity contribution in [2.24, 2.45) is 11.8 Å². The Kier molecular flexibility index (Phi) is 7.45. The maximum atomic E-state index is 13.4. The van der Waals surface area contributed by atoms with Gasteiger partial charge in [-0.1, -0.05) is 25.7 Å². The Morgan fingerprint density at radius 3 is 1.91 bits per heavy atom. The zero-order valence-corrected chi connectivity index (χ0v) is 19.1. The Morgan fingerprint density at radius 1 is 0.812 bits per heavy atom. The summed E-state index contributed by atoms with van der Waals surface area (Å²) in [4.78, 5) is 41.7. The molecule has 3 amide bonds. The van der Waals surface area contributed by atoms with Crippen LogP contribution in [0.2, 0.25) is 0 Å². The highest BCUT2D eigenvalue weighted by Gasteiger charge is 2.38. The molecule has 1 aromatic rings. The van der Waals surface area contributed by atoms with Gasteiger partial charge in [0.1, 0.15) is 0 Å². The maximum Gasteiger partial charge on any atom is 0.242 e. The first kappa shape index (κ1) is 22.8. The molecule has 4 rings (SSSR count). The number of hydrogen-bond donors (Lipinski definition) is 2. The molecule has 0 bridgehead atoms. The smallest absolute Gasteiger partial charge is 0.242 e. The van der Waals surface area contributed by atoms with Crippen molar-refractivity contribution in [3.8, 4) is 0 Å². The Balaban J connectivity index is 1.38. The number of anilines is 2. The van der Waals surface area contributed by atoms with Crippen LogP contribution in [0.3, 0.4) is 0 Å². The van der Waals surface area contributed by atoms with E-state index in [1.54, 1.807) is 12.1 Å². The fourth-order valence-electron chi connectivity index (χ4n) is 5.66. The van der Waals surface area contributed by atoms with Gasteiger partial charge in [0.05, 0.1) is 6.04 Å². The number of carbonyl (C=O) groups excluding carboxylic acids is 3. The molecular weight excluding hydrogens is 404 g/mol. The lowest BCUT2D eigenvalue weighted by Gasteiger charge is -2.41. The molecule has 3 fully saturated rings. The first-order valence-electron chi connectivity index (χ1n) is 12.2. The van der Waals surface area contributed by atoms with Crippen molar-refractivity contribution in [2.75, 3.05) is 36.8 Å². The predicted octanol–water partition coefficient (Wildman–Crippen LogP) is 3.48. The lowest BCUT2D eigenvalue weighted by Crippen LogP contribution is -2.57. The van der Waals surface area contributed by atoms with Crippen molar-refractivity contribution < 1.29 is 14.4 Å². The minimum atomic E-state index is -0.156. The summed E-state index contributed by atoms with van der Waals surface area (Å²) in [7, 11) is 0. The average molecular weight is 441 g/mol. The zero-order chi connectivity index (χ0) is 22.5. The van der Waals surface area contributed by atoms with E-state index < -0.39 is 0 Å². The van der Waals surface area contributed by atoms with Gasteiger partial charge < -0.3 is 15.5 Å². The molecule has 3 aliphatic rings. The quantitative estimate of drug-likeness (QED) is 0.710. The fraction of sp³-hybridized carbons (Fsp3) is 0.640. The minimum Gasteiger partial charge on any atom is -0.340 e. The highest BCUT2D eigenvalue weighted by Crippen LogP contribution is 2.32. The van der Waals surface area contributed by atoms with Gasteiger partial charge in [-0.15, -0.1) is 0 Å². The Bertz CT molecular complexity index is 805. The molecule has 7 heteroatoms. The van der Waals surface area contributed by atoms with Crippen LogP contribution >= 0.6 is 0 Å². The summed E-state index contributed by atoms with van der Waals surface area (Å²) in [5.74, 6) is 0.832. The van der Waals surface area contributed by atoms with Gasteiger partial charge in [-0.25, -0.2) is 0 Å². The van der Waals surface area contributed by atoms with E-state index in [0.717, 1.165) is 57.5 Å². The van der Waals surface area contributed by atoms with Crippen LogP contribution in [0.25, 0.3) is 0 Å². The Hall–Kier alpha value is -2.41. The molecule has 0 spiro atoms. The van der Waals surface area contributed by atoms with E-state index in [1.165, 1.54) is 32.6 Å². The van der Waals surface area contributed by atoms with Crippen molar-refractivity contribution in [3.05, 3.63) is 24.3 Å². The number of nitrogens with one attached hydrogen (secondary N) is 2. The molecule has 0 aromatic heterocycles. The molecule has 32 heavy (non-hydrogen) atoms. The van der Waals surface area contributed by atoms with Crippen LogP contribution in [-0.4, -0.2) is 59.7 Å². The average Bonchev–Trinajstić information content (AvgIpc) is 3.50. The van der Waals surface area contributed by atoms with E-state index in [-0.39, 0.29) is 23.8 Å². The number of benzene rings is 1. The van der Waals surface area contributed by atoms with E-state index in [2.05, 4.69) is 15.5 Å². The molecule has 1 aliphatic heterocycles. The normalized spacial score (nSPS) is 21.5. The second-order valence-electron chi connectivity index (χ2n) is 9.58. The number of hydrogen-bond acceptors (Lipinski definition) is 4. The van der Waals surface area contributed by atoms with E-state index >= 15 is 0 Å². The highest BCUT2D eigenvalue weighted by molar-refractivity contribution is 5.95. The van der Waals surface area contributed by atoms with Crippen molar-refractivity contribution >= 4 is 29.1 Å². The summed E-state index contributed by atoms with van der Waals surface area (Å²) >= 11 is 0. The molecule has 1 heterocycles. The summed E-state index contributed by atoms with van der Waals surface area (Å²) in [6.45, 7) is 4.43. The molecule has 2 saturated carbocycles. The monoisotopic (exact) mass is 440 g/mol. The molecule has 2 N–H and O–H groups in total. The summed E-state index contributed by atoms with van der Waals surface area (Å²) in [6.07, 6.45) is 8.94. The topological polar surface area (TPSA) is 81.8 Å². The summed E-state index contributed by atoms with van der Waals surface area (Å²) < 4.78 is 0. The second kappa shape index (κ2) is 10.5. The van der Waals surface area contributed by atoms with Crippen molar-refractivity contribution in [2.45, 2.75) is 64.3 Å². The second-order valence-corrected chi connectivity index (χ2v) is 9.58. The third-order valence-electron chi connectivity index (χ3n) is 7.31. The maximum absolute atomic E-state index is 13.4. The molecule has 2 aliphatic carbocycles. The Morgan fingerprint density at radius 2 is 1.34 bits per heavy atom. The van der Waals surface area contributed by atoms with Crippen LogP contribution in [0, 0.1) is 11.8 Å². The number of carbonyl (C=O) groups is 3. The molecule has 0 radical (unpaired) electrons. The van der Waals surface area contributed by atoms with Crippen molar-refractivity contribution in [3.63, 3.8) is 0 Å². The van der Waals surface area contributed by atoms with Crippen LogP contribution in [0.1, 0.15) is 58.3 Å². The van der Waals surface area contributed by atoms with Gasteiger partial charge in [-0.05, 0) is 55.9 Å². The fourth-order valence-corrected chi connectivity index (χ4v) is 5.66. The van der Waals surface area contributed by atoms with Gasteiger partial charge in [0.25, 0.3) is 0 Å². The van der Waals surface area contributed by atoms with Gasteiger partial charge in [0.2, 0.25) is 17.7 Å². The van der Waals surface area contributed by atoms with Crippen molar-refractivity contribution in [1.82, 2.24) is 9.80 Å². The van der Waals surface area contributed by atoms with Gasteiger partial charge in [0, 0.05) is 50.4 Å². The van der Waals surface area contributed by atoms with E-state index in [4.69, 9.17) is 0 Å². The lowest BCUT2D eigenvalue weighted by molar-refractivity contribution is -0.138. The van der Waals surface area contributed by atoms with E-state index in [1.807, 2.05) is 17.0 Å². The molecular formula is C25H36N4O3. The van der Waals surface area contributed by atoms with Gasteiger partial charge in [-0.3, -0.25) is 19.3 Å². The van der Waals surface area contributed by atoms with Crippen LogP contribution < -0.4 is 10.6 Å². The third kappa shape index (κ3) is 5.49. The molecule has 1 saturated heterocycles. The molecule has 7 nitrogen and oxygen atoms in total. The van der Waals surface area contributed by atoms with Crippen LogP contribution in [0.15, 0.2) is 24.3 Å². The largest absolute Gasteiger partial charge is 0.340 e. The van der Waals surface area contributed by atoms with Crippen LogP contribution in [-0.2, 0) is 14.4 Å². The number of rotatable bonds is 6. The van der Waals surface area contributed by atoms with E-state index in [0.29, 0.717) is 17.5 Å². The SMILES string of the molecule is CC(=O)Nc1ccc(NC(=O)C(C2CCCC2)N2CCN(C(=O)C3CCCC3)CC2)cc1. The van der Waals surface area contributed by atoms with Gasteiger partial charge >= 0.3 is 0 Å². The molecule has 174 valence electrons. The third-order valence-corrected chi connectivity index (χ3v) is 7.31. The predicted molar refractivity (Wildman–Crippen MR) is 125 cm³/mol.